The lowest BCUT2D eigenvalue weighted by Gasteiger charge is -2.15. The minimum Gasteiger partial charge on any atom is -0.488 e. The van der Waals surface area contributed by atoms with Crippen molar-refractivity contribution in [2.45, 2.75) is 44.1 Å². The molecule has 1 saturated carbocycles. The first-order chi connectivity index (χ1) is 7.88. The van der Waals surface area contributed by atoms with E-state index in [0.717, 1.165) is 18.1 Å². The first-order valence-corrected chi connectivity index (χ1v) is 6.37. The summed E-state index contributed by atoms with van der Waals surface area (Å²) in [7, 11) is 0. The molecule has 2 heteroatoms. The first kappa shape index (κ1) is 10.2. The number of rotatable bonds is 2. The Balaban J connectivity index is 1.93. The number of benzene rings is 1. The molecule has 16 heavy (non-hydrogen) atoms. The number of ether oxygens (including phenoxy) is 1. The normalized spacial score (nSPS) is 24.4. The van der Waals surface area contributed by atoms with E-state index in [1.807, 2.05) is 0 Å². The van der Waals surface area contributed by atoms with E-state index in [4.69, 9.17) is 10.5 Å². The van der Waals surface area contributed by atoms with Crippen LogP contribution in [-0.4, -0.2) is 12.6 Å². The van der Waals surface area contributed by atoms with E-state index in [0.29, 0.717) is 6.54 Å². The van der Waals surface area contributed by atoms with Gasteiger partial charge in [-0.25, -0.2) is 0 Å². The van der Waals surface area contributed by atoms with Gasteiger partial charge in [-0.1, -0.05) is 31.0 Å². The van der Waals surface area contributed by atoms with Crippen LogP contribution in [0.15, 0.2) is 18.2 Å². The molecule has 0 amide bonds. The number of nitrogens with two attached hydrogens (primary N) is 1. The zero-order chi connectivity index (χ0) is 11.0. The minimum atomic E-state index is 0.206. The Bertz CT molecular complexity index is 382. The van der Waals surface area contributed by atoms with Crippen LogP contribution in [0.1, 0.15) is 42.7 Å². The third kappa shape index (κ3) is 1.61. The fourth-order valence-electron chi connectivity index (χ4n) is 3.05. The molecule has 1 aliphatic heterocycles. The van der Waals surface area contributed by atoms with E-state index < -0.39 is 0 Å². The van der Waals surface area contributed by atoms with Gasteiger partial charge in [0, 0.05) is 13.0 Å². The van der Waals surface area contributed by atoms with Crippen molar-refractivity contribution in [2.75, 3.05) is 6.54 Å². The van der Waals surface area contributed by atoms with Crippen LogP contribution in [0.4, 0.5) is 0 Å². The summed E-state index contributed by atoms with van der Waals surface area (Å²) in [5.41, 5.74) is 8.49. The summed E-state index contributed by atoms with van der Waals surface area (Å²) in [5, 5.41) is 0. The van der Waals surface area contributed by atoms with Crippen molar-refractivity contribution in [3.05, 3.63) is 29.3 Å². The molecule has 0 radical (unpaired) electrons. The molecule has 86 valence electrons. The van der Waals surface area contributed by atoms with Gasteiger partial charge in [-0.2, -0.15) is 0 Å². The molecule has 2 nitrogen and oxygen atoms in total. The van der Waals surface area contributed by atoms with Crippen LogP contribution >= 0.6 is 0 Å². The SMILES string of the molecule is NC[C@@H]1Cc2cccc(C3CCCC3)c2O1. The van der Waals surface area contributed by atoms with Crippen LogP contribution in [0.25, 0.3) is 0 Å². The molecule has 0 spiro atoms. The van der Waals surface area contributed by atoms with Gasteiger partial charge in [0.15, 0.2) is 0 Å². The Morgan fingerprint density at radius 1 is 1.25 bits per heavy atom. The predicted molar refractivity (Wildman–Crippen MR) is 64.8 cm³/mol. The van der Waals surface area contributed by atoms with Crippen LogP contribution in [0, 0.1) is 0 Å². The maximum absolute atomic E-state index is 5.97. The maximum Gasteiger partial charge on any atom is 0.126 e. The second-order valence-corrected chi connectivity index (χ2v) is 5.00. The quantitative estimate of drug-likeness (QED) is 0.826. The molecular formula is C14H19NO. The van der Waals surface area contributed by atoms with Crippen molar-refractivity contribution in [3.8, 4) is 5.75 Å². The molecule has 0 bridgehead atoms. The lowest BCUT2D eigenvalue weighted by atomic mass is 9.94. The lowest BCUT2D eigenvalue weighted by Crippen LogP contribution is -2.24. The molecule has 0 unspecified atom stereocenters. The van der Waals surface area contributed by atoms with E-state index in [1.165, 1.54) is 36.8 Å². The van der Waals surface area contributed by atoms with Gasteiger partial charge < -0.3 is 10.5 Å². The molecule has 2 aliphatic rings. The van der Waals surface area contributed by atoms with Crippen molar-refractivity contribution in [2.24, 2.45) is 5.73 Å². The zero-order valence-corrected chi connectivity index (χ0v) is 9.61. The van der Waals surface area contributed by atoms with Gasteiger partial charge in [0.25, 0.3) is 0 Å². The molecule has 1 aliphatic carbocycles. The molecule has 2 N–H and O–H groups in total. The summed E-state index contributed by atoms with van der Waals surface area (Å²) >= 11 is 0. The van der Waals surface area contributed by atoms with Crippen LogP contribution in [0.5, 0.6) is 5.75 Å². The van der Waals surface area contributed by atoms with Gasteiger partial charge in [-0.15, -0.1) is 0 Å². The second kappa shape index (κ2) is 4.10. The van der Waals surface area contributed by atoms with Gasteiger partial charge in [0.2, 0.25) is 0 Å². The van der Waals surface area contributed by atoms with Gasteiger partial charge in [-0.3, -0.25) is 0 Å². The van der Waals surface area contributed by atoms with Crippen LogP contribution in [-0.2, 0) is 6.42 Å². The van der Waals surface area contributed by atoms with Crippen molar-refractivity contribution in [1.82, 2.24) is 0 Å². The lowest BCUT2D eigenvalue weighted by molar-refractivity contribution is 0.238. The summed E-state index contributed by atoms with van der Waals surface area (Å²) < 4.78 is 5.97. The smallest absolute Gasteiger partial charge is 0.126 e. The monoisotopic (exact) mass is 217 g/mol. The van der Waals surface area contributed by atoms with Crippen LogP contribution in [0.3, 0.4) is 0 Å². The third-order valence-corrected chi connectivity index (χ3v) is 3.92. The van der Waals surface area contributed by atoms with E-state index in [1.54, 1.807) is 0 Å². The molecule has 1 aromatic rings. The summed E-state index contributed by atoms with van der Waals surface area (Å²) in [4.78, 5) is 0. The highest BCUT2D eigenvalue weighted by Crippen LogP contribution is 2.42. The molecule has 1 heterocycles. The molecule has 0 saturated heterocycles. The third-order valence-electron chi connectivity index (χ3n) is 3.92. The highest BCUT2D eigenvalue weighted by molar-refractivity contribution is 5.46. The minimum absolute atomic E-state index is 0.206. The Labute approximate surface area is 96.8 Å². The Hall–Kier alpha value is -1.02. The molecular weight excluding hydrogens is 198 g/mol. The van der Waals surface area contributed by atoms with Gasteiger partial charge in [-0.05, 0) is 29.9 Å². The van der Waals surface area contributed by atoms with Gasteiger partial charge in [0.05, 0.1) is 0 Å². The van der Waals surface area contributed by atoms with E-state index in [9.17, 15) is 0 Å². The highest BCUT2D eigenvalue weighted by Gasteiger charge is 2.28. The predicted octanol–water partition coefficient (Wildman–Crippen LogP) is 2.61. The second-order valence-electron chi connectivity index (χ2n) is 5.00. The van der Waals surface area contributed by atoms with Crippen molar-refractivity contribution in [1.29, 1.82) is 0 Å². The summed E-state index contributed by atoms with van der Waals surface area (Å²) in [6, 6.07) is 6.60. The average molecular weight is 217 g/mol. The fourth-order valence-corrected chi connectivity index (χ4v) is 3.05. The Morgan fingerprint density at radius 2 is 2.06 bits per heavy atom. The van der Waals surface area contributed by atoms with Crippen LogP contribution in [0.2, 0.25) is 0 Å². The number of para-hydroxylation sites is 1. The van der Waals surface area contributed by atoms with Gasteiger partial charge >= 0.3 is 0 Å². The van der Waals surface area contributed by atoms with E-state index in [-0.39, 0.29) is 6.10 Å². The first-order valence-electron chi connectivity index (χ1n) is 6.37. The average Bonchev–Trinajstić information content (AvgIpc) is 2.97. The Morgan fingerprint density at radius 3 is 2.81 bits per heavy atom. The summed E-state index contributed by atoms with van der Waals surface area (Å²) in [6.45, 7) is 0.624. The van der Waals surface area contributed by atoms with Crippen molar-refractivity contribution in [3.63, 3.8) is 0 Å². The standard InChI is InChI=1S/C14H19NO/c15-9-12-8-11-6-3-7-13(14(11)16-12)10-4-1-2-5-10/h3,6-7,10,12H,1-2,4-5,8-9,15H2/t12-/m0/s1. The van der Waals surface area contributed by atoms with Crippen LogP contribution < -0.4 is 10.5 Å². The number of hydrogen-bond donors (Lipinski definition) is 1. The molecule has 3 rings (SSSR count). The molecule has 1 fully saturated rings. The van der Waals surface area contributed by atoms with Crippen molar-refractivity contribution < 1.29 is 4.74 Å². The van der Waals surface area contributed by atoms with E-state index in [2.05, 4.69) is 18.2 Å². The van der Waals surface area contributed by atoms with E-state index >= 15 is 0 Å². The van der Waals surface area contributed by atoms with Gasteiger partial charge in [0.1, 0.15) is 11.9 Å². The zero-order valence-electron chi connectivity index (χ0n) is 9.61. The molecule has 1 aromatic carbocycles. The number of fused-ring (bicyclic) bond motifs is 1. The Kier molecular flexibility index (Phi) is 2.60. The highest BCUT2D eigenvalue weighted by atomic mass is 16.5. The molecule has 0 aromatic heterocycles. The maximum atomic E-state index is 5.97. The molecule has 1 atom stereocenters. The summed E-state index contributed by atoms with van der Waals surface area (Å²) in [6.07, 6.45) is 6.59. The topological polar surface area (TPSA) is 35.2 Å². The largest absolute Gasteiger partial charge is 0.488 e. The fraction of sp³-hybridized carbons (Fsp3) is 0.571. The van der Waals surface area contributed by atoms with Crippen molar-refractivity contribution >= 4 is 0 Å². The number of hydrogen-bond acceptors (Lipinski definition) is 2. The summed E-state index contributed by atoms with van der Waals surface area (Å²) in [5.74, 6) is 1.89.